The van der Waals surface area contributed by atoms with Gasteiger partial charge in [-0.1, -0.05) is 34.4 Å². The largest absolute Gasteiger partial charge is 0.384 e. The lowest BCUT2D eigenvalue weighted by Gasteiger charge is -2.03. The monoisotopic (exact) mass is 320 g/mol. The third kappa shape index (κ3) is 2.99. The molecule has 1 aromatic carbocycles. The van der Waals surface area contributed by atoms with Gasteiger partial charge in [0.2, 0.25) is 0 Å². The van der Waals surface area contributed by atoms with E-state index in [-0.39, 0.29) is 0 Å². The molecule has 0 aliphatic heterocycles. The van der Waals surface area contributed by atoms with Crippen LogP contribution in [-0.2, 0) is 6.42 Å². The summed E-state index contributed by atoms with van der Waals surface area (Å²) in [5.74, 6) is 1.30. The van der Waals surface area contributed by atoms with Crippen LogP contribution in [0.4, 0.5) is 5.82 Å². The highest BCUT2D eigenvalue weighted by Crippen LogP contribution is 2.26. The van der Waals surface area contributed by atoms with E-state index in [1.165, 1.54) is 0 Å². The summed E-state index contributed by atoms with van der Waals surface area (Å²) >= 11 is 12.3. The Kier molecular flexibility index (Phi) is 3.77. The van der Waals surface area contributed by atoms with E-state index in [1.54, 1.807) is 36.5 Å². The van der Waals surface area contributed by atoms with Crippen molar-refractivity contribution >= 4 is 29.0 Å². The molecule has 0 aliphatic rings. The summed E-state index contributed by atoms with van der Waals surface area (Å²) in [6, 6.07) is 8.77. The Bertz CT molecular complexity index is 751. The SMILES string of the molecule is Nc1ccc(-c2nc(Cc3c(Cl)cccc3Cl)no2)cn1. The third-order valence-electron chi connectivity index (χ3n) is 2.90. The van der Waals surface area contributed by atoms with Gasteiger partial charge in [0.25, 0.3) is 5.89 Å². The first-order chi connectivity index (χ1) is 10.1. The molecular formula is C14H10Cl2N4O. The number of aromatic nitrogens is 3. The lowest BCUT2D eigenvalue weighted by molar-refractivity contribution is 0.424. The first-order valence-corrected chi connectivity index (χ1v) is 6.86. The summed E-state index contributed by atoms with van der Waals surface area (Å²) in [7, 11) is 0. The summed E-state index contributed by atoms with van der Waals surface area (Å²) in [6.45, 7) is 0. The predicted molar refractivity (Wildman–Crippen MR) is 81.2 cm³/mol. The number of anilines is 1. The molecule has 106 valence electrons. The van der Waals surface area contributed by atoms with E-state index in [0.29, 0.717) is 39.6 Å². The molecule has 2 N–H and O–H groups in total. The highest BCUT2D eigenvalue weighted by Gasteiger charge is 2.13. The summed E-state index contributed by atoms with van der Waals surface area (Å²) in [4.78, 5) is 8.30. The fourth-order valence-corrected chi connectivity index (χ4v) is 2.37. The molecule has 0 bridgehead atoms. The maximum Gasteiger partial charge on any atom is 0.259 e. The Morgan fingerprint density at radius 3 is 2.52 bits per heavy atom. The van der Waals surface area contributed by atoms with Gasteiger partial charge in [0.05, 0.1) is 5.56 Å². The van der Waals surface area contributed by atoms with Gasteiger partial charge in [-0.2, -0.15) is 4.98 Å². The van der Waals surface area contributed by atoms with Gasteiger partial charge >= 0.3 is 0 Å². The number of benzene rings is 1. The molecule has 0 aliphatic carbocycles. The molecule has 0 fully saturated rings. The predicted octanol–water partition coefficient (Wildman–Crippen LogP) is 3.61. The molecule has 5 nitrogen and oxygen atoms in total. The summed E-state index contributed by atoms with van der Waals surface area (Å²) in [5.41, 5.74) is 7.01. The van der Waals surface area contributed by atoms with Crippen molar-refractivity contribution in [3.8, 4) is 11.5 Å². The number of nitrogens with zero attached hydrogens (tertiary/aromatic N) is 3. The molecule has 2 heterocycles. The zero-order chi connectivity index (χ0) is 14.8. The molecule has 3 rings (SSSR count). The van der Waals surface area contributed by atoms with Crippen LogP contribution < -0.4 is 5.73 Å². The topological polar surface area (TPSA) is 77.8 Å². The van der Waals surface area contributed by atoms with E-state index in [0.717, 1.165) is 5.56 Å². The number of pyridine rings is 1. The van der Waals surface area contributed by atoms with E-state index in [1.807, 2.05) is 0 Å². The van der Waals surface area contributed by atoms with E-state index >= 15 is 0 Å². The highest BCUT2D eigenvalue weighted by molar-refractivity contribution is 6.36. The summed E-state index contributed by atoms with van der Waals surface area (Å²) < 4.78 is 5.21. The molecular weight excluding hydrogens is 311 g/mol. The van der Waals surface area contributed by atoms with Crippen molar-refractivity contribution in [2.75, 3.05) is 5.73 Å². The van der Waals surface area contributed by atoms with E-state index in [4.69, 9.17) is 33.5 Å². The van der Waals surface area contributed by atoms with E-state index in [9.17, 15) is 0 Å². The van der Waals surface area contributed by atoms with Gasteiger partial charge in [-0.05, 0) is 29.8 Å². The number of rotatable bonds is 3. The van der Waals surface area contributed by atoms with Crippen LogP contribution in [0.2, 0.25) is 10.0 Å². The fourth-order valence-electron chi connectivity index (χ4n) is 1.83. The van der Waals surface area contributed by atoms with Crippen LogP contribution in [-0.4, -0.2) is 15.1 Å². The molecule has 0 unspecified atom stereocenters. The minimum atomic E-state index is 0.376. The maximum atomic E-state index is 6.13. The smallest absolute Gasteiger partial charge is 0.259 e. The second-order valence-corrected chi connectivity index (χ2v) is 5.18. The van der Waals surface area contributed by atoms with Crippen LogP contribution in [0.5, 0.6) is 0 Å². The Morgan fingerprint density at radius 1 is 1.10 bits per heavy atom. The van der Waals surface area contributed by atoms with Crippen LogP contribution in [0.3, 0.4) is 0 Å². The number of nitrogens with two attached hydrogens (primary N) is 1. The highest BCUT2D eigenvalue weighted by atomic mass is 35.5. The number of halogens is 2. The molecule has 3 aromatic rings. The van der Waals surface area contributed by atoms with E-state index < -0.39 is 0 Å². The number of hydrogen-bond donors (Lipinski definition) is 1. The number of nitrogen functional groups attached to an aromatic ring is 1. The number of hydrogen-bond acceptors (Lipinski definition) is 5. The molecule has 21 heavy (non-hydrogen) atoms. The lowest BCUT2D eigenvalue weighted by Crippen LogP contribution is -1.93. The zero-order valence-corrected chi connectivity index (χ0v) is 12.3. The van der Waals surface area contributed by atoms with E-state index in [2.05, 4.69) is 15.1 Å². The molecule has 2 aromatic heterocycles. The average molecular weight is 321 g/mol. The second kappa shape index (κ2) is 5.71. The molecule has 7 heteroatoms. The van der Waals surface area contributed by atoms with Crippen molar-refractivity contribution in [3.63, 3.8) is 0 Å². The fraction of sp³-hybridized carbons (Fsp3) is 0.0714. The minimum Gasteiger partial charge on any atom is -0.384 e. The Labute approximate surface area is 130 Å². The normalized spacial score (nSPS) is 10.8. The Morgan fingerprint density at radius 2 is 1.86 bits per heavy atom. The lowest BCUT2D eigenvalue weighted by atomic mass is 10.1. The molecule has 0 spiro atoms. The van der Waals surface area contributed by atoms with Gasteiger partial charge in [0, 0.05) is 22.7 Å². The quantitative estimate of drug-likeness (QED) is 0.797. The van der Waals surface area contributed by atoms with Crippen molar-refractivity contribution in [1.82, 2.24) is 15.1 Å². The van der Waals surface area contributed by atoms with Crippen molar-refractivity contribution in [2.45, 2.75) is 6.42 Å². The Hall–Kier alpha value is -2.11. The zero-order valence-electron chi connectivity index (χ0n) is 10.8. The van der Waals surface area contributed by atoms with Crippen molar-refractivity contribution in [3.05, 3.63) is 58.0 Å². The molecule has 0 radical (unpaired) electrons. The van der Waals surface area contributed by atoms with Crippen LogP contribution in [0, 0.1) is 0 Å². The first-order valence-electron chi connectivity index (χ1n) is 6.11. The average Bonchev–Trinajstić information content (AvgIpc) is 2.92. The van der Waals surface area contributed by atoms with Crippen LogP contribution >= 0.6 is 23.2 Å². The van der Waals surface area contributed by atoms with Gasteiger partial charge in [-0.15, -0.1) is 0 Å². The summed E-state index contributed by atoms with van der Waals surface area (Å²) in [6.07, 6.45) is 1.97. The molecule has 0 saturated heterocycles. The van der Waals surface area contributed by atoms with Crippen molar-refractivity contribution in [1.29, 1.82) is 0 Å². The Balaban J connectivity index is 1.87. The molecule has 0 amide bonds. The van der Waals surface area contributed by atoms with Gasteiger partial charge in [0.1, 0.15) is 5.82 Å². The molecule has 0 saturated carbocycles. The third-order valence-corrected chi connectivity index (χ3v) is 3.61. The van der Waals surface area contributed by atoms with Gasteiger partial charge in [-0.3, -0.25) is 0 Å². The first kappa shape index (κ1) is 13.9. The maximum absolute atomic E-state index is 6.13. The van der Waals surface area contributed by atoms with Crippen LogP contribution in [0.1, 0.15) is 11.4 Å². The van der Waals surface area contributed by atoms with Crippen LogP contribution in [0.25, 0.3) is 11.5 Å². The van der Waals surface area contributed by atoms with Gasteiger partial charge in [0.15, 0.2) is 5.82 Å². The molecule has 0 atom stereocenters. The standard InChI is InChI=1S/C14H10Cl2N4O/c15-10-2-1-3-11(16)9(10)6-13-19-14(21-20-13)8-4-5-12(17)18-7-8/h1-5,7H,6H2,(H2,17,18). The van der Waals surface area contributed by atoms with Gasteiger partial charge in [-0.25, -0.2) is 4.98 Å². The van der Waals surface area contributed by atoms with Crippen molar-refractivity contribution < 1.29 is 4.52 Å². The van der Waals surface area contributed by atoms with Gasteiger partial charge < -0.3 is 10.3 Å². The summed E-state index contributed by atoms with van der Waals surface area (Å²) in [5, 5.41) is 5.07. The van der Waals surface area contributed by atoms with Crippen LogP contribution in [0.15, 0.2) is 41.1 Å². The van der Waals surface area contributed by atoms with Crippen molar-refractivity contribution in [2.24, 2.45) is 0 Å². The second-order valence-electron chi connectivity index (χ2n) is 4.36. The minimum absolute atomic E-state index is 0.376.